The van der Waals surface area contributed by atoms with E-state index in [0.717, 1.165) is 0 Å². The van der Waals surface area contributed by atoms with Crippen LogP contribution in [0, 0.1) is 0 Å². The Morgan fingerprint density at radius 1 is 0.507 bits per heavy atom. The molecule has 2 aliphatic rings. The fraction of sp³-hybridized carbons (Fsp3) is 0.500. The molecule has 29 N–H and O–H groups in total. The van der Waals surface area contributed by atoms with Gasteiger partial charge in [-0.2, -0.15) is 4.98 Å². The van der Waals surface area contributed by atoms with E-state index in [9.17, 15) is 25.2 Å². The summed E-state index contributed by atoms with van der Waals surface area (Å²) in [4.78, 5) is 163. The van der Waals surface area contributed by atoms with Crippen LogP contribution in [-0.2, 0) is 36.9 Å². The Kier molecular flexibility index (Phi) is 27.7. The van der Waals surface area contributed by atoms with Gasteiger partial charge < -0.3 is 140 Å². The van der Waals surface area contributed by atoms with Gasteiger partial charge in [0.25, 0.3) is 5.56 Å². The normalized spacial score (nSPS) is 22.4. The van der Waals surface area contributed by atoms with Crippen molar-refractivity contribution >= 4 is 81.0 Å². The summed E-state index contributed by atoms with van der Waals surface area (Å²) in [6.45, 7) is -0.837. The fourth-order valence-corrected chi connectivity index (χ4v) is 4.41. The Morgan fingerprint density at radius 3 is 1.12 bits per heavy atom. The zero-order valence-corrected chi connectivity index (χ0v) is 38.5. The molecule has 0 amide bonds. The molecule has 43 nitrogen and oxygen atoms in total. The molecule has 0 aliphatic carbocycles. The van der Waals surface area contributed by atoms with Crippen LogP contribution >= 0.6 is 46.9 Å². The summed E-state index contributed by atoms with van der Waals surface area (Å²) < 4.78 is 66.8. The number of imidazole rings is 2. The van der Waals surface area contributed by atoms with E-state index >= 15 is 0 Å². The third-order valence-electron chi connectivity index (χ3n) is 6.42. The van der Waals surface area contributed by atoms with E-state index in [1.807, 2.05) is 0 Å². The van der Waals surface area contributed by atoms with E-state index < -0.39 is 115 Å². The maximum atomic E-state index is 11.7. The van der Waals surface area contributed by atoms with Crippen LogP contribution in [0.2, 0.25) is 0 Å². The second kappa shape index (κ2) is 28.2. The van der Waals surface area contributed by atoms with Gasteiger partial charge in [-0.15, -0.1) is 0 Å². The molecule has 402 valence electrons. The van der Waals surface area contributed by atoms with Crippen LogP contribution in [0.5, 0.6) is 0 Å². The number of aromatic nitrogens is 8. The number of hydrogen-bond acceptors (Lipinski definition) is 22. The smallest absolute Gasteiger partial charge is 0.394 e. The fourth-order valence-electron chi connectivity index (χ4n) is 4.41. The van der Waals surface area contributed by atoms with E-state index in [4.69, 9.17) is 147 Å². The molecule has 8 atom stereocenters. The molecule has 0 aromatic carbocycles. The third-order valence-corrected chi connectivity index (χ3v) is 6.42. The van der Waals surface area contributed by atoms with Crippen molar-refractivity contribution in [3.8, 4) is 0 Å². The van der Waals surface area contributed by atoms with E-state index in [2.05, 4.69) is 29.9 Å². The standard InChI is InChI=1S/C10H13N5O5.C10H13N5O4.6H3O4P/c11-10-13-7-4(8(19)14-10)12-2-15(7)9-6(18)5(17)3(1-16)20-9;11-8-5-9(13-2-12-8)15(3-14-5)10-7(18)6(17)4(1-16)19-10;6*1-5(2,3)4/h2-3,5-6,9,16-18H,1H2,(H3,11,13,14,19);2-4,6-7,10,16-18H,1H2,(H2,11,12,13);6*(H3,1,2,3,4)/t3-,5-,6-,9-;4-,6-,7-,10-;;;;;;/m11....../s1. The van der Waals surface area contributed by atoms with Gasteiger partial charge in [-0.05, 0) is 0 Å². The number of rotatable bonds is 4. The molecule has 2 aliphatic heterocycles. The molecule has 0 unspecified atom stereocenters. The molecule has 6 heterocycles. The van der Waals surface area contributed by atoms with Crippen LogP contribution in [0.1, 0.15) is 12.5 Å². The highest BCUT2D eigenvalue weighted by Gasteiger charge is 2.45. The van der Waals surface area contributed by atoms with Crippen molar-refractivity contribution in [1.82, 2.24) is 39.0 Å². The average Bonchev–Trinajstić information content (AvgIpc) is 3.86. The molecule has 0 spiro atoms. The van der Waals surface area contributed by atoms with Gasteiger partial charge in [0.05, 0.1) is 25.9 Å². The van der Waals surface area contributed by atoms with E-state index in [1.165, 1.54) is 28.1 Å². The predicted molar refractivity (Wildman–Crippen MR) is 214 cm³/mol. The number of phosphoric acid groups is 6. The number of aliphatic hydroxyl groups excluding tert-OH is 6. The molecule has 0 bridgehead atoms. The molecule has 4 aromatic rings. The lowest BCUT2D eigenvalue weighted by Crippen LogP contribution is -2.33. The van der Waals surface area contributed by atoms with Crippen LogP contribution in [-0.4, -0.2) is 208 Å². The van der Waals surface area contributed by atoms with Gasteiger partial charge in [0.15, 0.2) is 35.1 Å². The maximum absolute atomic E-state index is 11.7. The van der Waals surface area contributed by atoms with Crippen molar-refractivity contribution < 1.29 is 156 Å². The number of aromatic amines is 1. The number of hydrogen-bond donors (Lipinski definition) is 27. The van der Waals surface area contributed by atoms with Crippen molar-refractivity contribution in [2.45, 2.75) is 49.1 Å². The van der Waals surface area contributed by atoms with Crippen LogP contribution in [0.4, 0.5) is 11.8 Å². The summed E-state index contributed by atoms with van der Waals surface area (Å²) in [5, 5.41) is 57.5. The summed E-state index contributed by atoms with van der Waals surface area (Å²) in [5.74, 6) is 0.117. The zero-order valence-electron chi connectivity index (χ0n) is 33.1. The van der Waals surface area contributed by atoms with Gasteiger partial charge in [0.2, 0.25) is 5.95 Å². The van der Waals surface area contributed by atoms with E-state index in [-0.39, 0.29) is 22.9 Å². The minimum Gasteiger partial charge on any atom is -0.394 e. The number of nitrogens with zero attached hydrogens (tertiary/aromatic N) is 7. The number of H-pyrrole nitrogens is 1. The van der Waals surface area contributed by atoms with Gasteiger partial charge in [0.1, 0.15) is 48.5 Å². The highest BCUT2D eigenvalue weighted by molar-refractivity contribution is 7.46. The molecular formula is C20H44N10O33P6. The van der Waals surface area contributed by atoms with Crippen molar-refractivity contribution in [1.29, 1.82) is 0 Å². The summed E-state index contributed by atoms with van der Waals surface area (Å²) in [6, 6.07) is 0. The highest BCUT2D eigenvalue weighted by atomic mass is 31.2. The van der Waals surface area contributed by atoms with E-state index in [0.29, 0.717) is 11.2 Å². The highest BCUT2D eigenvalue weighted by Crippen LogP contribution is 2.33. The van der Waals surface area contributed by atoms with Gasteiger partial charge in [0, 0.05) is 0 Å². The molecule has 0 saturated carbocycles. The largest absolute Gasteiger partial charge is 0.466 e. The Morgan fingerprint density at radius 2 is 0.812 bits per heavy atom. The summed E-state index contributed by atoms with van der Waals surface area (Å²) in [5.41, 5.74) is 11.6. The van der Waals surface area contributed by atoms with Crippen LogP contribution in [0.15, 0.2) is 23.8 Å². The number of anilines is 2. The Balaban J connectivity index is 0. The van der Waals surface area contributed by atoms with Crippen molar-refractivity contribution in [2.24, 2.45) is 0 Å². The van der Waals surface area contributed by atoms with Crippen molar-refractivity contribution in [3.05, 3.63) is 29.3 Å². The van der Waals surface area contributed by atoms with Gasteiger partial charge in [-0.1, -0.05) is 0 Å². The van der Waals surface area contributed by atoms with Crippen LogP contribution in [0.25, 0.3) is 22.3 Å². The first kappa shape index (κ1) is 67.9. The minimum absolute atomic E-state index is 0.0388. The molecule has 4 aromatic heterocycles. The molecule has 69 heavy (non-hydrogen) atoms. The summed E-state index contributed by atoms with van der Waals surface area (Å²) >= 11 is 0. The molecule has 0 radical (unpaired) electrons. The van der Waals surface area contributed by atoms with E-state index in [1.54, 1.807) is 0 Å². The van der Waals surface area contributed by atoms with Gasteiger partial charge in [-0.3, -0.25) is 18.9 Å². The zero-order chi connectivity index (χ0) is 55.0. The first-order valence-corrected chi connectivity index (χ1v) is 25.6. The second-order valence-corrected chi connectivity index (χ2v) is 18.1. The van der Waals surface area contributed by atoms with Gasteiger partial charge >= 0.3 is 46.9 Å². The Labute approximate surface area is 378 Å². The molecule has 49 heteroatoms. The monoisotopic (exact) mass is 1140 g/mol. The molecular weight excluding hydrogens is 1090 g/mol. The average molecular weight is 1140 g/mol. The van der Waals surface area contributed by atoms with Crippen LogP contribution in [0.3, 0.4) is 0 Å². The van der Waals surface area contributed by atoms with Crippen molar-refractivity contribution in [2.75, 3.05) is 24.7 Å². The van der Waals surface area contributed by atoms with Crippen molar-refractivity contribution in [3.63, 3.8) is 0 Å². The molecule has 6 rings (SSSR count). The Bertz CT molecular complexity index is 2340. The SMILES string of the molecule is Nc1nc2c(ncn2[C@@H]2O[C@H](CO)[C@@H](O)[C@H]2O)c(=O)[nH]1.Nc1ncnc2c1ncn2[C@@H]1O[C@H](CO)[C@@H](O)[C@H]1O.O=P(O)(O)O.O=P(O)(O)O.O=P(O)(O)O.O=P(O)(O)O.O=P(O)(O)O.O=P(O)(O)O. The number of ether oxygens (including phenoxy) is 2. The quantitative estimate of drug-likeness (QED) is 0.0844. The third kappa shape index (κ3) is 32.4. The number of fused-ring (bicyclic) bond motifs is 2. The topological polar surface area (TPSA) is 766 Å². The number of nitrogens with one attached hydrogen (secondary N) is 1. The first-order valence-electron chi connectivity index (χ1n) is 16.3. The lowest BCUT2D eigenvalue weighted by molar-refractivity contribution is -0.0511. The summed E-state index contributed by atoms with van der Waals surface area (Å²) in [7, 11) is -27.8. The lowest BCUT2D eigenvalue weighted by Gasteiger charge is -2.16. The van der Waals surface area contributed by atoms with Crippen LogP contribution < -0.4 is 17.0 Å². The number of nitrogen functional groups attached to an aromatic ring is 2. The number of aliphatic hydroxyl groups is 6. The number of nitrogens with two attached hydrogens (primary N) is 2. The lowest BCUT2D eigenvalue weighted by atomic mass is 10.1. The van der Waals surface area contributed by atoms with Gasteiger partial charge in [-0.25, -0.2) is 47.3 Å². The second-order valence-electron chi connectivity index (χ2n) is 11.9. The first-order chi connectivity index (χ1) is 30.7. The molecule has 2 saturated heterocycles. The summed E-state index contributed by atoms with van der Waals surface area (Å²) in [6.07, 6.45) is -4.64. The Hall–Kier alpha value is -3.16. The minimum atomic E-state index is -4.64. The maximum Gasteiger partial charge on any atom is 0.466 e. The predicted octanol–water partition coefficient (Wildman–Crippen LogP) is -10.2. The molecule has 2 fully saturated rings.